The van der Waals surface area contributed by atoms with Crippen LogP contribution in [0.4, 0.5) is 17.1 Å². The van der Waals surface area contributed by atoms with Gasteiger partial charge in [0.15, 0.2) is 11.6 Å². The van der Waals surface area contributed by atoms with E-state index in [0.717, 1.165) is 0 Å². The SMILES string of the molecule is Nc1ccc(Nc2ccc(O)cc2Cl)c2c1C(=O)c1ccccc1C2=O. The number of aromatic hydroxyl groups is 1. The Morgan fingerprint density at radius 3 is 2.12 bits per heavy atom. The number of carbonyl (C=O) groups excluding carboxylic acids is 2. The van der Waals surface area contributed by atoms with Gasteiger partial charge in [0.1, 0.15) is 5.75 Å². The van der Waals surface area contributed by atoms with Crippen molar-refractivity contribution >= 4 is 40.2 Å². The molecule has 128 valence electrons. The minimum atomic E-state index is -0.284. The number of phenolic OH excluding ortho intramolecular Hbond substituents is 1. The van der Waals surface area contributed by atoms with Crippen LogP contribution in [0.2, 0.25) is 5.02 Å². The second-order valence-corrected chi connectivity index (χ2v) is 6.35. The van der Waals surface area contributed by atoms with Gasteiger partial charge >= 0.3 is 0 Å². The topological polar surface area (TPSA) is 92.4 Å². The van der Waals surface area contributed by atoms with Crippen molar-refractivity contribution < 1.29 is 14.7 Å². The van der Waals surface area contributed by atoms with Gasteiger partial charge in [-0.2, -0.15) is 0 Å². The molecule has 0 spiro atoms. The molecule has 4 N–H and O–H groups in total. The van der Waals surface area contributed by atoms with Crippen LogP contribution in [0.25, 0.3) is 0 Å². The molecular formula is C20H13ClN2O3. The summed E-state index contributed by atoms with van der Waals surface area (Å²) in [6.45, 7) is 0. The molecule has 6 heteroatoms. The molecule has 5 nitrogen and oxygen atoms in total. The normalized spacial score (nSPS) is 12.5. The molecular weight excluding hydrogens is 352 g/mol. The van der Waals surface area contributed by atoms with Crippen LogP contribution in [0, 0.1) is 0 Å². The summed E-state index contributed by atoms with van der Waals surface area (Å²) in [7, 11) is 0. The lowest BCUT2D eigenvalue weighted by molar-refractivity contribution is 0.0980. The van der Waals surface area contributed by atoms with E-state index in [4.69, 9.17) is 17.3 Å². The number of rotatable bonds is 2. The van der Waals surface area contributed by atoms with E-state index in [1.807, 2.05) is 0 Å². The van der Waals surface area contributed by atoms with E-state index in [9.17, 15) is 14.7 Å². The third-order valence-electron chi connectivity index (χ3n) is 4.33. The zero-order valence-corrected chi connectivity index (χ0v) is 14.2. The summed E-state index contributed by atoms with van der Waals surface area (Å²) in [6.07, 6.45) is 0. The first kappa shape index (κ1) is 16.2. The number of carbonyl (C=O) groups is 2. The Morgan fingerprint density at radius 1 is 0.846 bits per heavy atom. The molecule has 0 bridgehead atoms. The van der Waals surface area contributed by atoms with Gasteiger partial charge in [0.25, 0.3) is 0 Å². The number of benzene rings is 3. The number of ketones is 2. The summed E-state index contributed by atoms with van der Waals surface area (Å²) in [5, 5.41) is 12.8. The number of nitrogens with two attached hydrogens (primary N) is 1. The van der Waals surface area contributed by atoms with Crippen LogP contribution in [0.1, 0.15) is 31.8 Å². The molecule has 4 rings (SSSR count). The fraction of sp³-hybridized carbons (Fsp3) is 0. The van der Waals surface area contributed by atoms with Crippen molar-refractivity contribution in [3.63, 3.8) is 0 Å². The van der Waals surface area contributed by atoms with E-state index in [0.29, 0.717) is 22.5 Å². The molecule has 3 aromatic rings. The zero-order valence-electron chi connectivity index (χ0n) is 13.4. The van der Waals surface area contributed by atoms with Gasteiger partial charge in [-0.15, -0.1) is 0 Å². The van der Waals surface area contributed by atoms with Crippen LogP contribution in [0.5, 0.6) is 5.75 Å². The number of halogens is 1. The Morgan fingerprint density at radius 2 is 1.46 bits per heavy atom. The molecule has 0 heterocycles. The summed E-state index contributed by atoms with van der Waals surface area (Å²) in [6, 6.07) is 14.3. The van der Waals surface area contributed by atoms with Gasteiger partial charge in [-0.05, 0) is 24.3 Å². The number of hydrogen-bond donors (Lipinski definition) is 3. The molecule has 1 aliphatic rings. The van der Waals surface area contributed by atoms with Gasteiger partial charge in [0, 0.05) is 22.9 Å². The molecule has 0 fully saturated rings. The third kappa shape index (κ3) is 2.41. The highest BCUT2D eigenvalue weighted by Crippen LogP contribution is 2.37. The van der Waals surface area contributed by atoms with Crippen molar-refractivity contribution in [2.45, 2.75) is 0 Å². The van der Waals surface area contributed by atoms with Gasteiger partial charge in [0.2, 0.25) is 0 Å². The molecule has 0 saturated carbocycles. The number of fused-ring (bicyclic) bond motifs is 2. The van der Waals surface area contributed by atoms with Crippen LogP contribution in [0.15, 0.2) is 54.6 Å². The van der Waals surface area contributed by atoms with Gasteiger partial charge in [-0.3, -0.25) is 9.59 Å². The first-order valence-corrected chi connectivity index (χ1v) is 8.21. The molecule has 0 unspecified atom stereocenters. The molecule has 26 heavy (non-hydrogen) atoms. The molecule has 0 amide bonds. The van der Waals surface area contributed by atoms with Gasteiger partial charge in [0.05, 0.1) is 27.5 Å². The lowest BCUT2D eigenvalue weighted by Crippen LogP contribution is -2.23. The second-order valence-electron chi connectivity index (χ2n) is 5.95. The summed E-state index contributed by atoms with van der Waals surface area (Å²) in [4.78, 5) is 25.9. The van der Waals surface area contributed by atoms with Crippen LogP contribution in [-0.2, 0) is 0 Å². The first-order valence-electron chi connectivity index (χ1n) is 7.84. The average molecular weight is 365 g/mol. The van der Waals surface area contributed by atoms with Crippen molar-refractivity contribution in [2.75, 3.05) is 11.1 Å². The zero-order chi connectivity index (χ0) is 18.4. The van der Waals surface area contributed by atoms with Crippen molar-refractivity contribution in [3.05, 3.63) is 81.9 Å². The summed E-state index contributed by atoms with van der Waals surface area (Å²) >= 11 is 6.14. The van der Waals surface area contributed by atoms with E-state index in [2.05, 4.69) is 5.32 Å². The fourth-order valence-corrected chi connectivity index (χ4v) is 3.32. The molecule has 3 aromatic carbocycles. The highest BCUT2D eigenvalue weighted by molar-refractivity contribution is 6.34. The number of phenols is 1. The number of hydrogen-bond acceptors (Lipinski definition) is 5. The number of anilines is 3. The van der Waals surface area contributed by atoms with E-state index in [1.165, 1.54) is 12.1 Å². The van der Waals surface area contributed by atoms with Crippen molar-refractivity contribution in [1.82, 2.24) is 0 Å². The van der Waals surface area contributed by atoms with Crippen LogP contribution < -0.4 is 11.1 Å². The number of nitrogen functional groups attached to an aromatic ring is 1. The minimum absolute atomic E-state index is 0.0278. The Hall–Kier alpha value is -3.31. The summed E-state index contributed by atoms with van der Waals surface area (Å²) in [5.41, 5.74) is 8.27. The van der Waals surface area contributed by atoms with Crippen LogP contribution in [0.3, 0.4) is 0 Å². The lowest BCUT2D eigenvalue weighted by Gasteiger charge is -2.22. The molecule has 1 aliphatic carbocycles. The Balaban J connectivity index is 1.89. The highest BCUT2D eigenvalue weighted by Gasteiger charge is 2.33. The van der Waals surface area contributed by atoms with Crippen LogP contribution in [-0.4, -0.2) is 16.7 Å². The standard InChI is InChI=1S/C20H13ClN2O3/c21-13-9-10(24)5-7-15(13)23-16-8-6-14(22)17-18(16)20(26)12-4-2-1-3-11(12)19(17)25/h1-9,23-24H,22H2. The van der Waals surface area contributed by atoms with E-state index in [1.54, 1.807) is 42.5 Å². The highest BCUT2D eigenvalue weighted by atomic mass is 35.5. The maximum absolute atomic E-state index is 13.0. The molecule has 0 aromatic heterocycles. The number of nitrogens with one attached hydrogen (secondary N) is 1. The minimum Gasteiger partial charge on any atom is -0.508 e. The van der Waals surface area contributed by atoms with E-state index in [-0.39, 0.29) is 39.2 Å². The van der Waals surface area contributed by atoms with Crippen molar-refractivity contribution in [1.29, 1.82) is 0 Å². The largest absolute Gasteiger partial charge is 0.508 e. The quantitative estimate of drug-likeness (QED) is 0.367. The predicted molar refractivity (Wildman–Crippen MR) is 101 cm³/mol. The summed E-state index contributed by atoms with van der Waals surface area (Å²) < 4.78 is 0. The predicted octanol–water partition coefficient (Wildman–Crippen LogP) is 4.15. The molecule has 0 radical (unpaired) electrons. The van der Waals surface area contributed by atoms with Gasteiger partial charge in [-0.1, -0.05) is 35.9 Å². The van der Waals surface area contributed by atoms with Crippen molar-refractivity contribution in [3.8, 4) is 5.75 Å². The van der Waals surface area contributed by atoms with E-state index >= 15 is 0 Å². The monoisotopic (exact) mass is 364 g/mol. The third-order valence-corrected chi connectivity index (χ3v) is 4.64. The Bertz CT molecular complexity index is 1090. The fourth-order valence-electron chi connectivity index (χ4n) is 3.10. The first-order chi connectivity index (χ1) is 12.5. The smallest absolute Gasteiger partial charge is 0.196 e. The Kier molecular flexibility index (Phi) is 3.67. The van der Waals surface area contributed by atoms with Gasteiger partial charge < -0.3 is 16.2 Å². The molecule has 0 aliphatic heterocycles. The Labute approximate surface area is 154 Å². The van der Waals surface area contributed by atoms with Crippen LogP contribution >= 0.6 is 11.6 Å². The van der Waals surface area contributed by atoms with E-state index < -0.39 is 0 Å². The maximum atomic E-state index is 13.0. The average Bonchev–Trinajstić information content (AvgIpc) is 2.63. The van der Waals surface area contributed by atoms with Crippen molar-refractivity contribution in [2.24, 2.45) is 0 Å². The molecule has 0 saturated heterocycles. The molecule has 0 atom stereocenters. The second kappa shape index (κ2) is 5.89. The lowest BCUT2D eigenvalue weighted by atomic mass is 9.82. The summed E-state index contributed by atoms with van der Waals surface area (Å²) in [5.74, 6) is -0.534. The maximum Gasteiger partial charge on any atom is 0.196 e. The van der Waals surface area contributed by atoms with Gasteiger partial charge in [-0.25, -0.2) is 0 Å².